The number of carbonyl (C=O) groups is 1. The van der Waals surface area contributed by atoms with Gasteiger partial charge in [-0.1, -0.05) is 12.1 Å². The number of nitrogens with zero attached hydrogens (tertiary/aromatic N) is 3. The molecule has 0 aliphatic heterocycles. The summed E-state index contributed by atoms with van der Waals surface area (Å²) < 4.78 is 0. The van der Waals surface area contributed by atoms with Gasteiger partial charge in [0.15, 0.2) is 5.69 Å². The van der Waals surface area contributed by atoms with Crippen molar-refractivity contribution < 1.29 is 4.79 Å². The molecule has 0 saturated carbocycles. The van der Waals surface area contributed by atoms with Crippen molar-refractivity contribution in [2.24, 2.45) is 0 Å². The fourth-order valence-corrected chi connectivity index (χ4v) is 2.42. The SMILES string of the molecule is O=C(Nc1ccc(-c2nc3ccccc3[nH]2)cc1)c1cccnn1. The summed E-state index contributed by atoms with van der Waals surface area (Å²) in [6, 6.07) is 18.6. The van der Waals surface area contributed by atoms with Crippen molar-refractivity contribution in [2.45, 2.75) is 0 Å². The Labute approximate surface area is 137 Å². The highest BCUT2D eigenvalue weighted by Gasteiger charge is 2.08. The summed E-state index contributed by atoms with van der Waals surface area (Å²) >= 11 is 0. The third kappa shape index (κ3) is 2.72. The van der Waals surface area contributed by atoms with E-state index < -0.39 is 0 Å². The second-order valence-corrected chi connectivity index (χ2v) is 5.24. The van der Waals surface area contributed by atoms with Crippen LogP contribution in [0.2, 0.25) is 0 Å². The van der Waals surface area contributed by atoms with Crippen molar-refractivity contribution in [3.63, 3.8) is 0 Å². The van der Waals surface area contributed by atoms with Gasteiger partial charge >= 0.3 is 0 Å². The zero-order valence-corrected chi connectivity index (χ0v) is 12.6. The molecule has 24 heavy (non-hydrogen) atoms. The lowest BCUT2D eigenvalue weighted by atomic mass is 10.2. The van der Waals surface area contributed by atoms with E-state index in [-0.39, 0.29) is 11.6 Å². The number of hydrogen-bond acceptors (Lipinski definition) is 4. The first-order valence-electron chi connectivity index (χ1n) is 7.44. The Bertz CT molecular complexity index is 960. The minimum absolute atomic E-state index is 0.277. The van der Waals surface area contributed by atoms with E-state index in [0.717, 1.165) is 22.4 Å². The summed E-state index contributed by atoms with van der Waals surface area (Å²) in [6.45, 7) is 0. The van der Waals surface area contributed by atoms with Crippen LogP contribution in [0, 0.1) is 0 Å². The van der Waals surface area contributed by atoms with Crippen molar-refractivity contribution in [3.8, 4) is 11.4 Å². The Hall–Kier alpha value is -3.54. The lowest BCUT2D eigenvalue weighted by molar-refractivity contribution is 0.102. The summed E-state index contributed by atoms with van der Waals surface area (Å²) in [5.74, 6) is 0.502. The van der Waals surface area contributed by atoms with E-state index in [9.17, 15) is 4.79 Å². The van der Waals surface area contributed by atoms with Crippen LogP contribution in [0.5, 0.6) is 0 Å². The first-order valence-corrected chi connectivity index (χ1v) is 7.44. The number of aromatic nitrogens is 4. The first kappa shape index (κ1) is 14.1. The van der Waals surface area contributed by atoms with Crippen LogP contribution < -0.4 is 5.32 Å². The number of amides is 1. The summed E-state index contributed by atoms with van der Waals surface area (Å²) in [5.41, 5.74) is 3.83. The molecular formula is C18H13N5O. The largest absolute Gasteiger partial charge is 0.338 e. The predicted octanol–water partition coefficient (Wildman–Crippen LogP) is 3.27. The normalized spacial score (nSPS) is 10.7. The molecule has 2 N–H and O–H groups in total. The lowest BCUT2D eigenvalue weighted by Crippen LogP contribution is -2.13. The highest BCUT2D eigenvalue weighted by molar-refractivity contribution is 6.02. The molecule has 4 aromatic rings. The third-order valence-corrected chi connectivity index (χ3v) is 3.61. The number of benzene rings is 2. The van der Waals surface area contributed by atoms with E-state index in [0.29, 0.717) is 5.69 Å². The van der Waals surface area contributed by atoms with E-state index in [1.54, 1.807) is 12.1 Å². The molecule has 0 saturated heterocycles. The van der Waals surface area contributed by atoms with Gasteiger partial charge in [-0.3, -0.25) is 4.79 Å². The molecule has 0 aliphatic carbocycles. The fraction of sp³-hybridized carbons (Fsp3) is 0. The molecular weight excluding hydrogens is 302 g/mol. The molecule has 0 bridgehead atoms. The topological polar surface area (TPSA) is 83.6 Å². The van der Waals surface area contributed by atoms with Crippen LogP contribution >= 0.6 is 0 Å². The average Bonchev–Trinajstić information content (AvgIpc) is 3.07. The Kier molecular flexibility index (Phi) is 3.47. The van der Waals surface area contributed by atoms with E-state index in [1.807, 2.05) is 48.5 Å². The van der Waals surface area contributed by atoms with E-state index >= 15 is 0 Å². The van der Waals surface area contributed by atoms with Gasteiger partial charge in [-0.25, -0.2) is 4.98 Å². The third-order valence-electron chi connectivity index (χ3n) is 3.61. The summed E-state index contributed by atoms with van der Waals surface area (Å²) in [6.07, 6.45) is 1.53. The monoisotopic (exact) mass is 315 g/mol. The Morgan fingerprint density at radius 1 is 0.958 bits per heavy atom. The molecule has 0 spiro atoms. The van der Waals surface area contributed by atoms with Crippen LogP contribution in [-0.2, 0) is 0 Å². The molecule has 0 aliphatic rings. The number of hydrogen-bond donors (Lipinski definition) is 2. The van der Waals surface area contributed by atoms with Crippen LogP contribution in [0.4, 0.5) is 5.69 Å². The molecule has 4 rings (SSSR count). The highest BCUT2D eigenvalue weighted by atomic mass is 16.1. The van der Waals surface area contributed by atoms with Crippen LogP contribution in [-0.4, -0.2) is 26.1 Å². The Morgan fingerprint density at radius 2 is 1.79 bits per heavy atom. The van der Waals surface area contributed by atoms with Gasteiger partial charge in [0.05, 0.1) is 11.0 Å². The quantitative estimate of drug-likeness (QED) is 0.608. The lowest BCUT2D eigenvalue weighted by Gasteiger charge is -2.04. The molecule has 116 valence electrons. The highest BCUT2D eigenvalue weighted by Crippen LogP contribution is 2.22. The molecule has 0 fully saturated rings. The molecule has 6 heteroatoms. The number of H-pyrrole nitrogens is 1. The van der Waals surface area contributed by atoms with Crippen LogP contribution in [0.15, 0.2) is 66.9 Å². The number of aromatic amines is 1. The molecule has 1 amide bonds. The smallest absolute Gasteiger partial charge is 0.276 e. The summed E-state index contributed by atoms with van der Waals surface area (Å²) in [4.78, 5) is 19.9. The van der Waals surface area contributed by atoms with Gasteiger partial charge < -0.3 is 10.3 Å². The molecule has 2 aromatic carbocycles. The number of para-hydroxylation sites is 2. The van der Waals surface area contributed by atoms with Gasteiger partial charge in [-0.05, 0) is 48.5 Å². The molecule has 6 nitrogen and oxygen atoms in total. The van der Waals surface area contributed by atoms with Crippen LogP contribution in [0.3, 0.4) is 0 Å². The number of carbonyl (C=O) groups excluding carboxylic acids is 1. The number of nitrogens with one attached hydrogen (secondary N) is 2. The van der Waals surface area contributed by atoms with Gasteiger partial charge in [0.1, 0.15) is 5.82 Å². The van der Waals surface area contributed by atoms with Crippen molar-refractivity contribution >= 4 is 22.6 Å². The van der Waals surface area contributed by atoms with Crippen molar-refractivity contribution in [3.05, 3.63) is 72.6 Å². The molecule has 0 unspecified atom stereocenters. The molecule has 2 heterocycles. The average molecular weight is 315 g/mol. The summed E-state index contributed by atoms with van der Waals surface area (Å²) in [5, 5.41) is 10.3. The standard InChI is InChI=1S/C18H13N5O/c24-18(16-6-3-11-19-23-16)20-13-9-7-12(8-10-13)17-21-14-4-1-2-5-15(14)22-17/h1-11H,(H,20,24)(H,21,22). The second-order valence-electron chi connectivity index (χ2n) is 5.24. The number of fused-ring (bicyclic) bond motifs is 1. The maximum atomic E-state index is 12.1. The van der Waals surface area contributed by atoms with E-state index in [1.165, 1.54) is 6.20 Å². The second kappa shape index (κ2) is 5.92. The van der Waals surface area contributed by atoms with Crippen LogP contribution in [0.1, 0.15) is 10.5 Å². The van der Waals surface area contributed by atoms with Crippen LogP contribution in [0.25, 0.3) is 22.4 Å². The number of anilines is 1. The molecule has 0 radical (unpaired) electrons. The van der Waals surface area contributed by atoms with Gasteiger partial charge in [-0.2, -0.15) is 5.10 Å². The Morgan fingerprint density at radius 3 is 2.54 bits per heavy atom. The van der Waals surface area contributed by atoms with Gasteiger partial charge in [-0.15, -0.1) is 5.10 Å². The summed E-state index contributed by atoms with van der Waals surface area (Å²) in [7, 11) is 0. The Balaban J connectivity index is 1.55. The van der Waals surface area contributed by atoms with Gasteiger partial charge in [0.2, 0.25) is 0 Å². The van der Waals surface area contributed by atoms with Crippen molar-refractivity contribution in [1.29, 1.82) is 0 Å². The zero-order valence-electron chi connectivity index (χ0n) is 12.6. The molecule has 2 aromatic heterocycles. The molecule has 0 atom stereocenters. The van der Waals surface area contributed by atoms with Gasteiger partial charge in [0.25, 0.3) is 5.91 Å². The number of rotatable bonds is 3. The van der Waals surface area contributed by atoms with E-state index in [4.69, 9.17) is 0 Å². The first-order chi connectivity index (χ1) is 11.8. The minimum Gasteiger partial charge on any atom is -0.338 e. The fourth-order valence-electron chi connectivity index (χ4n) is 2.42. The predicted molar refractivity (Wildman–Crippen MR) is 91.5 cm³/mol. The maximum Gasteiger partial charge on any atom is 0.276 e. The minimum atomic E-state index is -0.292. The zero-order chi connectivity index (χ0) is 16.4. The number of imidazole rings is 1. The van der Waals surface area contributed by atoms with Crippen molar-refractivity contribution in [1.82, 2.24) is 20.2 Å². The van der Waals surface area contributed by atoms with E-state index in [2.05, 4.69) is 25.5 Å². The van der Waals surface area contributed by atoms with Gasteiger partial charge in [0, 0.05) is 17.4 Å². The van der Waals surface area contributed by atoms with Crippen molar-refractivity contribution in [2.75, 3.05) is 5.32 Å². The maximum absolute atomic E-state index is 12.1.